The van der Waals surface area contributed by atoms with E-state index in [0.29, 0.717) is 5.56 Å². The lowest BCUT2D eigenvalue weighted by Gasteiger charge is -2.33. The van der Waals surface area contributed by atoms with E-state index in [1.807, 2.05) is 12.1 Å². The molecule has 0 radical (unpaired) electrons. The van der Waals surface area contributed by atoms with E-state index in [-0.39, 0.29) is 10.5 Å². The van der Waals surface area contributed by atoms with Gasteiger partial charge in [-0.25, -0.2) is 0 Å². The first kappa shape index (κ1) is 13.4. The molecule has 20 heavy (non-hydrogen) atoms. The van der Waals surface area contributed by atoms with E-state index >= 15 is 0 Å². The first-order valence-corrected chi connectivity index (χ1v) is 8.19. The third-order valence-electron chi connectivity index (χ3n) is 4.17. The van der Waals surface area contributed by atoms with Crippen LogP contribution in [0.25, 0.3) is 5.57 Å². The normalized spacial score (nSPS) is 28.4. The quantitative estimate of drug-likeness (QED) is 0.840. The molecule has 2 heterocycles. The molecule has 0 spiro atoms. The Morgan fingerprint density at radius 3 is 2.95 bits per heavy atom. The SMILES string of the molecule is COc1ccc(C#N)c(C2=CC3CCCC(C2)S3=O)c1. The van der Waals surface area contributed by atoms with Gasteiger partial charge in [-0.1, -0.05) is 12.5 Å². The van der Waals surface area contributed by atoms with E-state index in [2.05, 4.69) is 12.1 Å². The Hall–Kier alpha value is -1.60. The second-order valence-electron chi connectivity index (χ2n) is 5.34. The molecule has 0 N–H and O–H groups in total. The topological polar surface area (TPSA) is 50.1 Å². The summed E-state index contributed by atoms with van der Waals surface area (Å²) < 4.78 is 17.5. The van der Waals surface area contributed by atoms with Gasteiger partial charge in [0.1, 0.15) is 5.75 Å². The van der Waals surface area contributed by atoms with Crippen molar-refractivity contribution in [3.63, 3.8) is 0 Å². The van der Waals surface area contributed by atoms with Gasteiger partial charge in [-0.3, -0.25) is 4.21 Å². The molecule has 1 aromatic rings. The molecule has 0 amide bonds. The van der Waals surface area contributed by atoms with Crippen LogP contribution in [0, 0.1) is 11.3 Å². The third-order valence-corrected chi connectivity index (χ3v) is 6.20. The smallest absolute Gasteiger partial charge is 0.119 e. The van der Waals surface area contributed by atoms with Crippen LogP contribution in [-0.4, -0.2) is 21.8 Å². The maximum Gasteiger partial charge on any atom is 0.119 e. The van der Waals surface area contributed by atoms with Crippen LogP contribution in [0.2, 0.25) is 0 Å². The molecule has 104 valence electrons. The molecular formula is C16H17NO2S. The number of fused-ring (bicyclic) bond motifs is 2. The van der Waals surface area contributed by atoms with Gasteiger partial charge in [-0.05, 0) is 48.6 Å². The van der Waals surface area contributed by atoms with E-state index in [1.54, 1.807) is 13.2 Å². The van der Waals surface area contributed by atoms with E-state index in [9.17, 15) is 9.47 Å². The Bertz CT molecular complexity index is 630. The number of nitriles is 1. The molecule has 2 bridgehead atoms. The summed E-state index contributed by atoms with van der Waals surface area (Å²) >= 11 is 0. The van der Waals surface area contributed by atoms with Crippen LogP contribution in [0.1, 0.15) is 36.8 Å². The maximum atomic E-state index is 12.2. The highest BCUT2D eigenvalue weighted by atomic mass is 32.2. The number of rotatable bonds is 2. The number of nitrogens with zero attached hydrogens (tertiary/aromatic N) is 1. The zero-order chi connectivity index (χ0) is 14.1. The van der Waals surface area contributed by atoms with Crippen molar-refractivity contribution in [3.8, 4) is 11.8 Å². The number of allylic oxidation sites excluding steroid dienone is 1. The number of hydrogen-bond donors (Lipinski definition) is 0. The second kappa shape index (κ2) is 5.41. The highest BCUT2D eigenvalue weighted by Gasteiger charge is 2.34. The van der Waals surface area contributed by atoms with Crippen molar-refractivity contribution in [3.05, 3.63) is 35.4 Å². The fourth-order valence-corrected chi connectivity index (χ4v) is 5.05. The van der Waals surface area contributed by atoms with Crippen molar-refractivity contribution in [2.24, 2.45) is 0 Å². The van der Waals surface area contributed by atoms with Crippen molar-refractivity contribution < 1.29 is 8.95 Å². The van der Waals surface area contributed by atoms with E-state index < -0.39 is 10.8 Å². The van der Waals surface area contributed by atoms with Crippen molar-refractivity contribution >= 4 is 16.4 Å². The van der Waals surface area contributed by atoms with Crippen molar-refractivity contribution in [1.29, 1.82) is 5.26 Å². The van der Waals surface area contributed by atoms with Crippen LogP contribution in [0.15, 0.2) is 24.3 Å². The van der Waals surface area contributed by atoms with Gasteiger partial charge in [0, 0.05) is 16.0 Å². The monoisotopic (exact) mass is 287 g/mol. The van der Waals surface area contributed by atoms with Crippen molar-refractivity contribution in [2.75, 3.05) is 7.11 Å². The number of methoxy groups -OCH3 is 1. The van der Waals surface area contributed by atoms with Crippen LogP contribution < -0.4 is 4.74 Å². The summed E-state index contributed by atoms with van der Waals surface area (Å²) in [6.45, 7) is 0. The van der Waals surface area contributed by atoms with Gasteiger partial charge < -0.3 is 4.74 Å². The molecule has 2 aliphatic heterocycles. The molecule has 0 aliphatic carbocycles. The summed E-state index contributed by atoms with van der Waals surface area (Å²) in [7, 11) is 0.892. The zero-order valence-corrected chi connectivity index (χ0v) is 12.3. The lowest BCUT2D eigenvalue weighted by atomic mass is 9.91. The lowest BCUT2D eigenvalue weighted by molar-refractivity contribution is 0.414. The molecule has 3 nitrogen and oxygen atoms in total. The Labute approximate surface area is 121 Å². The van der Waals surface area contributed by atoms with Gasteiger partial charge in [0.15, 0.2) is 0 Å². The molecule has 3 rings (SSSR count). The average molecular weight is 287 g/mol. The molecule has 2 aliphatic rings. The Morgan fingerprint density at radius 1 is 1.40 bits per heavy atom. The first-order valence-electron chi connectivity index (χ1n) is 6.91. The lowest BCUT2D eigenvalue weighted by Crippen LogP contribution is -2.33. The second-order valence-corrected chi connectivity index (χ2v) is 7.27. The fourth-order valence-electron chi connectivity index (χ4n) is 3.11. The van der Waals surface area contributed by atoms with Crippen LogP contribution >= 0.6 is 0 Å². The predicted octanol–water partition coefficient (Wildman–Crippen LogP) is 3.02. The summed E-state index contributed by atoms with van der Waals surface area (Å²) in [4.78, 5) is 0. The van der Waals surface area contributed by atoms with Crippen molar-refractivity contribution in [1.82, 2.24) is 0 Å². The minimum Gasteiger partial charge on any atom is -0.497 e. The molecule has 4 heteroatoms. The van der Waals surface area contributed by atoms with Gasteiger partial charge >= 0.3 is 0 Å². The molecule has 0 aromatic heterocycles. The standard InChI is InChI=1S/C16H17NO2S/c1-19-13-6-5-11(10-17)16(9-13)12-7-14-3-2-4-15(8-12)20(14)18/h5-7,9,14-15H,2-4,8H2,1H3. The van der Waals surface area contributed by atoms with Gasteiger partial charge in [-0.15, -0.1) is 0 Å². The molecule has 3 atom stereocenters. The number of hydrogen-bond acceptors (Lipinski definition) is 3. The molecule has 1 fully saturated rings. The molecule has 0 saturated carbocycles. The highest BCUT2D eigenvalue weighted by molar-refractivity contribution is 7.86. The van der Waals surface area contributed by atoms with Gasteiger partial charge in [0.2, 0.25) is 0 Å². The average Bonchev–Trinajstić information content (AvgIpc) is 2.46. The zero-order valence-electron chi connectivity index (χ0n) is 11.5. The van der Waals surface area contributed by atoms with Crippen molar-refractivity contribution in [2.45, 2.75) is 36.2 Å². The van der Waals surface area contributed by atoms with Gasteiger partial charge in [0.05, 0.1) is 24.0 Å². The van der Waals surface area contributed by atoms with Crippen LogP contribution in [0.3, 0.4) is 0 Å². The summed E-state index contributed by atoms with van der Waals surface area (Å²) in [6.07, 6.45) is 6.13. The summed E-state index contributed by atoms with van der Waals surface area (Å²) in [5.41, 5.74) is 2.78. The van der Waals surface area contributed by atoms with Crippen LogP contribution in [0.4, 0.5) is 0 Å². The summed E-state index contributed by atoms with van der Waals surface area (Å²) in [5.74, 6) is 0.761. The summed E-state index contributed by atoms with van der Waals surface area (Å²) in [6, 6.07) is 7.79. The van der Waals surface area contributed by atoms with Gasteiger partial charge in [-0.2, -0.15) is 5.26 Å². The number of benzene rings is 1. The van der Waals surface area contributed by atoms with Crippen LogP contribution in [-0.2, 0) is 10.8 Å². The van der Waals surface area contributed by atoms with Gasteiger partial charge in [0.25, 0.3) is 0 Å². The molecule has 1 saturated heterocycles. The van der Waals surface area contributed by atoms with E-state index in [0.717, 1.165) is 42.6 Å². The van der Waals surface area contributed by atoms with Crippen LogP contribution in [0.5, 0.6) is 5.75 Å². The third kappa shape index (κ3) is 2.27. The maximum absolute atomic E-state index is 12.2. The first-order chi connectivity index (χ1) is 9.72. The summed E-state index contributed by atoms with van der Waals surface area (Å²) in [5, 5.41) is 9.71. The predicted molar refractivity (Wildman–Crippen MR) is 79.9 cm³/mol. The Balaban J connectivity index is 2.05. The number of ether oxygens (including phenoxy) is 1. The highest BCUT2D eigenvalue weighted by Crippen LogP contribution is 2.38. The van der Waals surface area contributed by atoms with E-state index in [4.69, 9.17) is 4.74 Å². The van der Waals surface area contributed by atoms with E-state index in [1.165, 1.54) is 0 Å². The Morgan fingerprint density at radius 2 is 2.25 bits per heavy atom. The molecule has 1 aromatic carbocycles. The fraction of sp³-hybridized carbons (Fsp3) is 0.438. The minimum absolute atomic E-state index is 0.162. The molecule has 3 unspecified atom stereocenters. The molecular weight excluding hydrogens is 270 g/mol. The minimum atomic E-state index is -0.737. The Kier molecular flexibility index (Phi) is 3.62. The largest absolute Gasteiger partial charge is 0.497 e.